The number of aromatic nitrogens is 1. The van der Waals surface area contributed by atoms with Gasteiger partial charge in [0.1, 0.15) is 0 Å². The highest BCUT2D eigenvalue weighted by molar-refractivity contribution is 9.10. The number of pyridine rings is 1. The lowest BCUT2D eigenvalue weighted by molar-refractivity contribution is 0.0476. The lowest BCUT2D eigenvalue weighted by Crippen LogP contribution is -2.15. The molecule has 4 aromatic rings. The molecule has 0 unspecified atom stereocenters. The number of esters is 1. The van der Waals surface area contributed by atoms with E-state index in [0.717, 1.165) is 14.5 Å². The minimum absolute atomic E-state index is 0.268. The average Bonchev–Trinajstić information content (AvgIpc) is 2.76. The van der Waals surface area contributed by atoms with Crippen molar-refractivity contribution >= 4 is 54.5 Å². The number of halogens is 2. The monoisotopic (exact) mass is 523 g/mol. The molecule has 1 heterocycles. The smallest absolute Gasteiger partial charge is 0.339 e. The Morgan fingerprint density at radius 3 is 2.33 bits per heavy atom. The van der Waals surface area contributed by atoms with Gasteiger partial charge in [-0.15, -0.1) is 0 Å². The molecule has 0 saturated heterocycles. The molecule has 0 aliphatic carbocycles. The number of benzene rings is 3. The minimum Gasteiger partial charge on any atom is -0.454 e. The highest BCUT2D eigenvalue weighted by atomic mass is 79.9. The van der Waals surface area contributed by atoms with Gasteiger partial charge in [0, 0.05) is 25.5 Å². The highest BCUT2D eigenvalue weighted by Gasteiger charge is 2.17. The number of carbonyl (C=O) groups excluding carboxylic acids is 2. The normalized spacial score (nSPS) is 10.7. The van der Waals surface area contributed by atoms with E-state index in [9.17, 15) is 9.59 Å². The van der Waals surface area contributed by atoms with Crippen molar-refractivity contribution in [2.24, 2.45) is 0 Å². The van der Waals surface area contributed by atoms with Gasteiger partial charge in [0.05, 0.1) is 16.8 Å². The maximum Gasteiger partial charge on any atom is 0.339 e. The van der Waals surface area contributed by atoms with E-state index in [4.69, 9.17) is 4.74 Å². The summed E-state index contributed by atoms with van der Waals surface area (Å²) in [5.74, 6) is -0.830. The lowest BCUT2D eigenvalue weighted by atomic mass is 10.0. The van der Waals surface area contributed by atoms with Crippen molar-refractivity contribution in [2.45, 2.75) is 0 Å². The number of para-hydroxylation sites is 1. The van der Waals surface area contributed by atoms with Crippen molar-refractivity contribution in [1.82, 2.24) is 4.98 Å². The number of Topliss-reactive ketones (excluding diaryl/α,β-unsaturated/α-hetero) is 1. The molecular weight excluding hydrogens is 510 g/mol. The first-order valence-electron chi connectivity index (χ1n) is 9.13. The summed E-state index contributed by atoms with van der Waals surface area (Å²) in [6.07, 6.45) is 0. The van der Waals surface area contributed by atoms with Crippen molar-refractivity contribution in [3.63, 3.8) is 0 Å². The largest absolute Gasteiger partial charge is 0.454 e. The van der Waals surface area contributed by atoms with Gasteiger partial charge in [-0.3, -0.25) is 4.79 Å². The van der Waals surface area contributed by atoms with Gasteiger partial charge in [0.2, 0.25) is 0 Å². The second-order valence-corrected chi connectivity index (χ2v) is 8.42. The van der Waals surface area contributed by atoms with Gasteiger partial charge in [-0.1, -0.05) is 74.3 Å². The first-order chi connectivity index (χ1) is 14.5. The number of nitrogens with zero attached hydrogens (tertiary/aromatic N) is 1. The Morgan fingerprint density at radius 2 is 1.57 bits per heavy atom. The molecule has 6 heteroatoms. The van der Waals surface area contributed by atoms with Crippen LogP contribution in [0.1, 0.15) is 20.7 Å². The molecule has 0 aliphatic rings. The SMILES string of the molecule is O=C(COC(=O)c1cc(-c2cccc(Br)c2)nc2ccccc12)c1cccc(Br)c1. The molecule has 0 bridgehead atoms. The van der Waals surface area contributed by atoms with Crippen molar-refractivity contribution in [1.29, 1.82) is 0 Å². The second kappa shape index (κ2) is 8.90. The van der Waals surface area contributed by atoms with E-state index < -0.39 is 5.97 Å². The molecule has 148 valence electrons. The van der Waals surface area contributed by atoms with E-state index in [-0.39, 0.29) is 12.4 Å². The fourth-order valence-electron chi connectivity index (χ4n) is 3.09. The third-order valence-electron chi connectivity index (χ3n) is 4.54. The van der Waals surface area contributed by atoms with Crippen molar-refractivity contribution < 1.29 is 14.3 Å². The van der Waals surface area contributed by atoms with E-state index >= 15 is 0 Å². The summed E-state index contributed by atoms with van der Waals surface area (Å²) in [7, 11) is 0. The van der Waals surface area contributed by atoms with Gasteiger partial charge < -0.3 is 4.74 Å². The Balaban J connectivity index is 1.65. The Labute approximate surface area is 190 Å². The summed E-state index contributed by atoms with van der Waals surface area (Å²) in [4.78, 5) is 30.0. The van der Waals surface area contributed by atoms with Crippen LogP contribution in [0.3, 0.4) is 0 Å². The third kappa shape index (κ3) is 4.50. The first-order valence-corrected chi connectivity index (χ1v) is 10.7. The van der Waals surface area contributed by atoms with Crippen LogP contribution in [0.15, 0.2) is 87.8 Å². The highest BCUT2D eigenvalue weighted by Crippen LogP contribution is 2.27. The summed E-state index contributed by atoms with van der Waals surface area (Å²) < 4.78 is 7.07. The van der Waals surface area contributed by atoms with Gasteiger partial charge in [-0.05, 0) is 36.4 Å². The Kier molecular flexibility index (Phi) is 6.06. The molecule has 0 atom stereocenters. The zero-order chi connectivity index (χ0) is 21.1. The molecule has 0 radical (unpaired) electrons. The molecule has 0 saturated carbocycles. The van der Waals surface area contributed by atoms with Crippen LogP contribution in [-0.4, -0.2) is 23.3 Å². The number of hydrogen-bond donors (Lipinski definition) is 0. The maximum absolute atomic E-state index is 12.9. The third-order valence-corrected chi connectivity index (χ3v) is 5.52. The van der Waals surface area contributed by atoms with E-state index in [1.54, 1.807) is 24.3 Å². The average molecular weight is 525 g/mol. The predicted octanol–water partition coefficient (Wildman–Crippen LogP) is 6.47. The summed E-state index contributed by atoms with van der Waals surface area (Å²) in [6, 6.07) is 23.7. The topological polar surface area (TPSA) is 56.3 Å². The number of fused-ring (bicyclic) bond motifs is 1. The molecule has 4 rings (SSSR count). The van der Waals surface area contributed by atoms with Gasteiger partial charge >= 0.3 is 5.97 Å². The van der Waals surface area contributed by atoms with Crippen LogP contribution in [0.4, 0.5) is 0 Å². The summed E-state index contributed by atoms with van der Waals surface area (Å²) in [5.41, 5.74) is 3.05. The van der Waals surface area contributed by atoms with E-state index in [1.165, 1.54) is 0 Å². The standard InChI is InChI=1S/C24H15Br2NO3/c25-17-7-3-5-15(11-17)22-13-20(19-9-1-2-10-21(19)27-22)24(29)30-14-23(28)16-6-4-8-18(26)12-16/h1-13H,14H2. The van der Waals surface area contributed by atoms with E-state index in [0.29, 0.717) is 27.7 Å². The number of ether oxygens (including phenoxy) is 1. The van der Waals surface area contributed by atoms with Crippen LogP contribution in [0.25, 0.3) is 22.2 Å². The molecule has 0 aliphatic heterocycles. The number of rotatable bonds is 5. The van der Waals surface area contributed by atoms with Crippen LogP contribution >= 0.6 is 31.9 Å². The molecule has 0 N–H and O–H groups in total. The fraction of sp³-hybridized carbons (Fsp3) is 0.0417. The van der Waals surface area contributed by atoms with Crippen LogP contribution in [0, 0.1) is 0 Å². The lowest BCUT2D eigenvalue weighted by Gasteiger charge is -2.10. The fourth-order valence-corrected chi connectivity index (χ4v) is 3.89. The first kappa shape index (κ1) is 20.4. The summed E-state index contributed by atoms with van der Waals surface area (Å²) in [5, 5.41) is 0.677. The number of carbonyl (C=O) groups is 2. The molecule has 3 aromatic carbocycles. The molecule has 0 amide bonds. The predicted molar refractivity (Wildman–Crippen MR) is 124 cm³/mol. The summed E-state index contributed by atoms with van der Waals surface area (Å²) in [6.45, 7) is -0.335. The molecule has 4 nitrogen and oxygen atoms in total. The Bertz CT molecular complexity index is 1270. The van der Waals surface area contributed by atoms with Crippen molar-refractivity contribution in [3.05, 3.63) is 98.9 Å². The van der Waals surface area contributed by atoms with E-state index in [1.807, 2.05) is 54.6 Å². The minimum atomic E-state index is -0.562. The van der Waals surface area contributed by atoms with Gasteiger partial charge in [-0.2, -0.15) is 0 Å². The van der Waals surface area contributed by atoms with Crippen LogP contribution < -0.4 is 0 Å². The number of ketones is 1. The second-order valence-electron chi connectivity index (χ2n) is 6.59. The molecule has 30 heavy (non-hydrogen) atoms. The Morgan fingerprint density at radius 1 is 0.833 bits per heavy atom. The Hall–Kier alpha value is -2.83. The zero-order valence-electron chi connectivity index (χ0n) is 15.6. The quantitative estimate of drug-likeness (QED) is 0.222. The van der Waals surface area contributed by atoms with Crippen molar-refractivity contribution in [3.8, 4) is 11.3 Å². The van der Waals surface area contributed by atoms with Gasteiger partial charge in [-0.25, -0.2) is 9.78 Å². The molecule has 0 spiro atoms. The van der Waals surface area contributed by atoms with Crippen molar-refractivity contribution in [2.75, 3.05) is 6.61 Å². The molecule has 0 fully saturated rings. The summed E-state index contributed by atoms with van der Waals surface area (Å²) >= 11 is 6.80. The zero-order valence-corrected chi connectivity index (χ0v) is 18.8. The maximum atomic E-state index is 12.9. The molecular formula is C24H15Br2NO3. The van der Waals surface area contributed by atoms with Gasteiger partial charge in [0.25, 0.3) is 0 Å². The van der Waals surface area contributed by atoms with E-state index in [2.05, 4.69) is 36.8 Å². The van der Waals surface area contributed by atoms with Crippen LogP contribution in [0.5, 0.6) is 0 Å². The van der Waals surface area contributed by atoms with Crippen LogP contribution in [0.2, 0.25) is 0 Å². The van der Waals surface area contributed by atoms with Crippen LogP contribution in [-0.2, 0) is 4.74 Å². The molecule has 1 aromatic heterocycles. The number of hydrogen-bond acceptors (Lipinski definition) is 4. The van der Waals surface area contributed by atoms with Gasteiger partial charge in [0.15, 0.2) is 12.4 Å².